The first kappa shape index (κ1) is 8.43. The highest BCUT2D eigenvalue weighted by Gasteiger charge is 2.10. The molecule has 0 radical (unpaired) electrons. The van der Waals surface area contributed by atoms with Gasteiger partial charge < -0.3 is 10.8 Å². The van der Waals surface area contributed by atoms with E-state index in [0.29, 0.717) is 6.42 Å². The van der Waals surface area contributed by atoms with Crippen molar-refractivity contribution >= 4 is 5.91 Å². The van der Waals surface area contributed by atoms with Crippen LogP contribution in [0.25, 0.3) is 0 Å². The number of hydrogen-bond acceptors (Lipinski definition) is 2. The fourth-order valence-electron chi connectivity index (χ4n) is 0.628. The van der Waals surface area contributed by atoms with Crippen molar-refractivity contribution in [3.05, 3.63) is 0 Å². The Kier molecular flexibility index (Phi) is 3.24. The van der Waals surface area contributed by atoms with E-state index in [4.69, 9.17) is 10.8 Å². The smallest absolute Gasteiger partial charge is 0.220 e. The zero-order valence-corrected chi connectivity index (χ0v) is 5.79. The van der Waals surface area contributed by atoms with E-state index < -0.39 is 6.10 Å². The molecule has 0 aliphatic rings. The van der Waals surface area contributed by atoms with Crippen LogP contribution >= 0.6 is 0 Å². The molecule has 9 heavy (non-hydrogen) atoms. The summed E-state index contributed by atoms with van der Waals surface area (Å²) in [6.07, 6.45) is 0.0162. The van der Waals surface area contributed by atoms with Gasteiger partial charge in [0.05, 0.1) is 6.10 Å². The molecule has 1 unspecified atom stereocenters. The highest BCUT2D eigenvalue weighted by molar-refractivity contribution is 5.76. The van der Waals surface area contributed by atoms with Crippen LogP contribution in [0.5, 0.6) is 0 Å². The van der Waals surface area contributed by atoms with Gasteiger partial charge >= 0.3 is 0 Å². The van der Waals surface area contributed by atoms with Crippen molar-refractivity contribution in [1.82, 2.24) is 0 Å². The Morgan fingerprint density at radius 1 is 1.67 bits per heavy atom. The number of carbonyl (C=O) groups is 1. The maximum atomic E-state index is 10.3. The van der Waals surface area contributed by atoms with Crippen LogP contribution in [0, 0.1) is 5.92 Å². The monoisotopic (exact) mass is 131 g/mol. The normalized spacial score (nSPS) is 16.8. The van der Waals surface area contributed by atoms with Crippen LogP contribution < -0.4 is 5.73 Å². The molecule has 0 aliphatic heterocycles. The molecule has 0 aromatic carbocycles. The third-order valence-corrected chi connectivity index (χ3v) is 1.18. The van der Waals surface area contributed by atoms with Crippen LogP contribution in [0.2, 0.25) is 0 Å². The van der Waals surface area contributed by atoms with Gasteiger partial charge in [0.25, 0.3) is 0 Å². The van der Waals surface area contributed by atoms with E-state index in [1.54, 1.807) is 13.8 Å². The standard InChI is InChI=1S/C6H13NO2/c1-4(6(7)9)3-5(2)8/h4-5,8H,3H2,1-2H3,(H2,7,9)/t4?,5-/m0/s1. The number of aliphatic hydroxyl groups excluding tert-OH is 1. The molecule has 0 bridgehead atoms. The third kappa shape index (κ3) is 3.97. The predicted molar refractivity (Wildman–Crippen MR) is 34.7 cm³/mol. The average molecular weight is 131 g/mol. The molecule has 0 rings (SSSR count). The Morgan fingerprint density at radius 3 is 2.22 bits per heavy atom. The summed E-state index contributed by atoms with van der Waals surface area (Å²) in [5.74, 6) is -0.569. The highest BCUT2D eigenvalue weighted by Crippen LogP contribution is 2.03. The molecule has 3 N–H and O–H groups in total. The second kappa shape index (κ2) is 3.45. The van der Waals surface area contributed by atoms with Crippen LogP contribution in [-0.2, 0) is 4.79 Å². The lowest BCUT2D eigenvalue weighted by molar-refractivity contribution is -0.122. The van der Waals surface area contributed by atoms with Gasteiger partial charge in [0.2, 0.25) is 5.91 Å². The zero-order chi connectivity index (χ0) is 7.44. The minimum Gasteiger partial charge on any atom is -0.393 e. The summed E-state index contributed by atoms with van der Waals surface area (Å²) in [7, 11) is 0. The fraction of sp³-hybridized carbons (Fsp3) is 0.833. The molecule has 0 saturated carbocycles. The van der Waals surface area contributed by atoms with Crippen molar-refractivity contribution in [2.24, 2.45) is 11.7 Å². The van der Waals surface area contributed by atoms with Gasteiger partial charge in [0.1, 0.15) is 0 Å². The Balaban J connectivity index is 3.50. The minimum atomic E-state index is -0.438. The number of primary amides is 1. The molecule has 0 aromatic heterocycles. The lowest BCUT2D eigenvalue weighted by Crippen LogP contribution is -2.23. The number of nitrogens with two attached hydrogens (primary N) is 1. The number of carbonyl (C=O) groups excluding carboxylic acids is 1. The molecular formula is C6H13NO2. The van der Waals surface area contributed by atoms with E-state index >= 15 is 0 Å². The van der Waals surface area contributed by atoms with Crippen LogP contribution in [0.3, 0.4) is 0 Å². The Hall–Kier alpha value is -0.570. The average Bonchev–Trinajstić information content (AvgIpc) is 1.63. The quantitative estimate of drug-likeness (QED) is 0.560. The van der Waals surface area contributed by atoms with Crippen molar-refractivity contribution in [2.75, 3.05) is 0 Å². The molecule has 0 spiro atoms. The number of hydrogen-bond donors (Lipinski definition) is 2. The van der Waals surface area contributed by atoms with Crippen molar-refractivity contribution < 1.29 is 9.90 Å². The minimum absolute atomic E-state index is 0.218. The number of rotatable bonds is 3. The highest BCUT2D eigenvalue weighted by atomic mass is 16.3. The molecule has 54 valence electrons. The summed E-state index contributed by atoms with van der Waals surface area (Å²) < 4.78 is 0. The van der Waals surface area contributed by atoms with Crippen LogP contribution in [0.4, 0.5) is 0 Å². The van der Waals surface area contributed by atoms with Crippen molar-refractivity contribution in [3.63, 3.8) is 0 Å². The van der Waals surface area contributed by atoms with E-state index in [9.17, 15) is 4.79 Å². The molecule has 0 aromatic rings. The molecule has 0 aliphatic carbocycles. The largest absolute Gasteiger partial charge is 0.393 e. The van der Waals surface area contributed by atoms with Gasteiger partial charge in [-0.15, -0.1) is 0 Å². The van der Waals surface area contributed by atoms with Gasteiger partial charge in [-0.3, -0.25) is 4.79 Å². The van der Waals surface area contributed by atoms with E-state index in [1.807, 2.05) is 0 Å². The Morgan fingerprint density at radius 2 is 2.11 bits per heavy atom. The molecule has 0 saturated heterocycles. The second-order valence-corrected chi connectivity index (χ2v) is 2.39. The maximum absolute atomic E-state index is 10.3. The first-order chi connectivity index (χ1) is 4.04. The van der Waals surface area contributed by atoms with Gasteiger partial charge in [-0.2, -0.15) is 0 Å². The van der Waals surface area contributed by atoms with Crippen molar-refractivity contribution in [1.29, 1.82) is 0 Å². The van der Waals surface area contributed by atoms with E-state index in [1.165, 1.54) is 0 Å². The summed E-state index contributed by atoms with van der Waals surface area (Å²) in [5.41, 5.74) is 4.93. The summed E-state index contributed by atoms with van der Waals surface area (Å²) in [6.45, 7) is 3.34. The van der Waals surface area contributed by atoms with Crippen LogP contribution in [0.15, 0.2) is 0 Å². The van der Waals surface area contributed by atoms with E-state index in [2.05, 4.69) is 0 Å². The van der Waals surface area contributed by atoms with Crippen LogP contribution in [-0.4, -0.2) is 17.1 Å². The molecule has 3 nitrogen and oxygen atoms in total. The zero-order valence-electron chi connectivity index (χ0n) is 5.79. The predicted octanol–water partition coefficient (Wildman–Crippen LogP) is -0.121. The summed E-state index contributed by atoms with van der Waals surface area (Å²) in [4.78, 5) is 10.3. The lowest BCUT2D eigenvalue weighted by Gasteiger charge is -2.07. The van der Waals surface area contributed by atoms with Gasteiger partial charge in [0.15, 0.2) is 0 Å². The molecule has 1 amide bonds. The number of amides is 1. The van der Waals surface area contributed by atoms with Crippen molar-refractivity contribution in [3.8, 4) is 0 Å². The Labute approximate surface area is 54.9 Å². The van der Waals surface area contributed by atoms with Gasteiger partial charge in [0, 0.05) is 5.92 Å². The topological polar surface area (TPSA) is 63.3 Å². The number of aliphatic hydroxyl groups is 1. The summed E-state index contributed by atoms with van der Waals surface area (Å²) in [6, 6.07) is 0. The molecule has 3 heteroatoms. The van der Waals surface area contributed by atoms with E-state index in [0.717, 1.165) is 0 Å². The SMILES string of the molecule is CC(C[C@H](C)O)C(N)=O. The Bertz CT molecular complexity index is 101. The van der Waals surface area contributed by atoms with E-state index in [-0.39, 0.29) is 11.8 Å². The summed E-state index contributed by atoms with van der Waals surface area (Å²) >= 11 is 0. The summed E-state index contributed by atoms with van der Waals surface area (Å²) in [5, 5.41) is 8.76. The molecular weight excluding hydrogens is 118 g/mol. The second-order valence-electron chi connectivity index (χ2n) is 2.39. The van der Waals surface area contributed by atoms with Gasteiger partial charge in [-0.05, 0) is 13.3 Å². The van der Waals surface area contributed by atoms with Crippen molar-refractivity contribution in [2.45, 2.75) is 26.4 Å². The molecule has 0 fully saturated rings. The van der Waals surface area contributed by atoms with Crippen LogP contribution in [0.1, 0.15) is 20.3 Å². The fourth-order valence-corrected chi connectivity index (χ4v) is 0.628. The first-order valence-corrected chi connectivity index (χ1v) is 3.01. The van der Waals surface area contributed by atoms with Gasteiger partial charge in [-0.25, -0.2) is 0 Å². The maximum Gasteiger partial charge on any atom is 0.220 e. The van der Waals surface area contributed by atoms with Gasteiger partial charge in [-0.1, -0.05) is 6.92 Å². The lowest BCUT2D eigenvalue weighted by atomic mass is 10.0. The molecule has 0 heterocycles. The first-order valence-electron chi connectivity index (χ1n) is 3.01. The molecule has 2 atom stereocenters. The third-order valence-electron chi connectivity index (χ3n) is 1.18.